The normalized spacial score (nSPS) is 21.6. The monoisotopic (exact) mass is 418 g/mol. The largest absolute Gasteiger partial charge is 0.449 e. The van der Waals surface area contributed by atoms with Crippen molar-refractivity contribution in [1.82, 2.24) is 14.5 Å². The van der Waals surface area contributed by atoms with Crippen molar-refractivity contribution < 1.29 is 31.1 Å². The maximum atomic E-state index is 13.8. The minimum atomic E-state index is -4.57. The van der Waals surface area contributed by atoms with Gasteiger partial charge in [-0.1, -0.05) is 0 Å². The third-order valence-electron chi connectivity index (χ3n) is 5.39. The molecule has 1 saturated heterocycles. The highest BCUT2D eigenvalue weighted by Gasteiger charge is 2.50. The second-order valence-corrected chi connectivity index (χ2v) is 7.35. The molecule has 3 unspecified atom stereocenters. The summed E-state index contributed by atoms with van der Waals surface area (Å²) in [5, 5.41) is 0. The summed E-state index contributed by atoms with van der Waals surface area (Å²) in [7, 11) is 0. The number of nitrogens with zero attached hydrogens (tertiary/aromatic N) is 3. The Morgan fingerprint density at radius 3 is 2.59 bits per heavy atom. The fourth-order valence-electron chi connectivity index (χ4n) is 4.19. The van der Waals surface area contributed by atoms with Gasteiger partial charge in [0, 0.05) is 25.1 Å². The maximum Gasteiger partial charge on any atom is 0.449 e. The van der Waals surface area contributed by atoms with E-state index in [1.54, 1.807) is 0 Å². The van der Waals surface area contributed by atoms with Crippen molar-refractivity contribution in [3.8, 4) is 0 Å². The molecule has 1 aromatic heterocycles. The minimum Gasteiger partial charge on any atom is -0.332 e. The molecule has 2 aliphatic heterocycles. The summed E-state index contributed by atoms with van der Waals surface area (Å²) in [5.41, 5.74) is 6.06. The topological polar surface area (TPSA) is 64.2 Å². The van der Waals surface area contributed by atoms with Gasteiger partial charge in [0.25, 0.3) is 0 Å². The predicted molar refractivity (Wildman–Crippen MR) is 87.9 cm³/mol. The van der Waals surface area contributed by atoms with E-state index < -0.39 is 53.5 Å². The molecular formula is C18H16F6N4O. The third kappa shape index (κ3) is 3.37. The van der Waals surface area contributed by atoms with Crippen LogP contribution in [0.2, 0.25) is 0 Å². The van der Waals surface area contributed by atoms with Crippen LogP contribution in [0.25, 0.3) is 0 Å². The summed E-state index contributed by atoms with van der Waals surface area (Å²) < 4.78 is 80.4. The van der Waals surface area contributed by atoms with Crippen molar-refractivity contribution in [1.29, 1.82) is 0 Å². The van der Waals surface area contributed by atoms with Crippen LogP contribution < -0.4 is 5.73 Å². The van der Waals surface area contributed by atoms with Crippen LogP contribution in [0.15, 0.2) is 18.3 Å². The second kappa shape index (κ2) is 6.75. The Balaban J connectivity index is 1.44. The van der Waals surface area contributed by atoms with Crippen LogP contribution in [-0.4, -0.2) is 32.9 Å². The number of halogens is 6. The van der Waals surface area contributed by atoms with Crippen LogP contribution in [0.5, 0.6) is 0 Å². The van der Waals surface area contributed by atoms with Crippen molar-refractivity contribution in [2.24, 2.45) is 5.73 Å². The first kappa shape index (κ1) is 19.7. The lowest BCUT2D eigenvalue weighted by atomic mass is 10.0. The van der Waals surface area contributed by atoms with Gasteiger partial charge < -0.3 is 15.2 Å². The van der Waals surface area contributed by atoms with Crippen molar-refractivity contribution in [3.05, 3.63) is 52.9 Å². The van der Waals surface area contributed by atoms with E-state index in [9.17, 15) is 31.1 Å². The highest BCUT2D eigenvalue weighted by molar-refractivity contribution is 5.78. The molecule has 1 aromatic carbocycles. The van der Waals surface area contributed by atoms with Crippen molar-refractivity contribution in [3.63, 3.8) is 0 Å². The lowest BCUT2D eigenvalue weighted by molar-refractivity contribution is -0.148. The molecule has 0 spiro atoms. The molecule has 2 bridgehead atoms. The van der Waals surface area contributed by atoms with E-state index in [2.05, 4.69) is 4.98 Å². The Morgan fingerprint density at radius 1 is 1.21 bits per heavy atom. The summed E-state index contributed by atoms with van der Waals surface area (Å²) in [6.07, 6.45) is -3.48. The number of imidazole rings is 1. The van der Waals surface area contributed by atoms with Crippen LogP contribution in [0.3, 0.4) is 0 Å². The van der Waals surface area contributed by atoms with E-state index in [1.807, 2.05) is 0 Å². The number of alkyl halides is 3. The summed E-state index contributed by atoms with van der Waals surface area (Å²) in [6.45, 7) is 0.0994. The van der Waals surface area contributed by atoms with Gasteiger partial charge in [0.15, 0.2) is 11.6 Å². The van der Waals surface area contributed by atoms with Crippen molar-refractivity contribution in [2.45, 2.75) is 43.6 Å². The summed E-state index contributed by atoms with van der Waals surface area (Å²) >= 11 is 0. The van der Waals surface area contributed by atoms with E-state index in [-0.39, 0.29) is 24.9 Å². The lowest BCUT2D eigenvalue weighted by Crippen LogP contribution is -2.39. The first-order chi connectivity index (χ1) is 13.6. The molecule has 156 valence electrons. The van der Waals surface area contributed by atoms with Gasteiger partial charge in [-0.3, -0.25) is 4.79 Å². The zero-order valence-electron chi connectivity index (χ0n) is 14.9. The maximum absolute atomic E-state index is 13.8. The Morgan fingerprint density at radius 2 is 1.90 bits per heavy atom. The molecule has 2 aliphatic rings. The van der Waals surface area contributed by atoms with Gasteiger partial charge in [-0.25, -0.2) is 18.2 Å². The van der Waals surface area contributed by atoms with E-state index in [0.29, 0.717) is 24.2 Å². The molecule has 5 nitrogen and oxygen atoms in total. The van der Waals surface area contributed by atoms with Crippen LogP contribution in [0, 0.1) is 17.5 Å². The van der Waals surface area contributed by atoms with E-state index >= 15 is 0 Å². The quantitative estimate of drug-likeness (QED) is 0.613. The Hall–Kier alpha value is -2.56. The van der Waals surface area contributed by atoms with Crippen LogP contribution >= 0.6 is 0 Å². The zero-order valence-corrected chi connectivity index (χ0v) is 14.9. The SMILES string of the molecule is NC(CC(=O)N1CC2CC1c1cnc(C(F)(F)F)n12)Cc1cc(F)c(F)cc1F. The highest BCUT2D eigenvalue weighted by atomic mass is 19.4. The Bertz CT molecular complexity index is 972. The molecule has 3 atom stereocenters. The number of amides is 1. The Labute approximate surface area is 161 Å². The molecule has 1 fully saturated rings. The van der Waals surface area contributed by atoms with Gasteiger partial charge in [0.1, 0.15) is 5.82 Å². The number of hydrogen-bond donors (Lipinski definition) is 1. The lowest BCUT2D eigenvalue weighted by Gasteiger charge is -2.29. The number of fused-ring (bicyclic) bond motifs is 5. The average Bonchev–Trinajstić information content (AvgIpc) is 3.30. The van der Waals surface area contributed by atoms with Gasteiger partial charge in [0.05, 0.1) is 24.0 Å². The smallest absolute Gasteiger partial charge is 0.332 e. The number of carbonyl (C=O) groups excluding carboxylic acids is 1. The van der Waals surface area contributed by atoms with E-state index in [4.69, 9.17) is 5.73 Å². The first-order valence-electron chi connectivity index (χ1n) is 8.89. The third-order valence-corrected chi connectivity index (χ3v) is 5.39. The molecule has 0 saturated carbocycles. The highest BCUT2D eigenvalue weighted by Crippen LogP contribution is 2.48. The fraction of sp³-hybridized carbons (Fsp3) is 0.444. The van der Waals surface area contributed by atoms with Crippen LogP contribution in [0.1, 0.15) is 42.0 Å². The molecule has 0 radical (unpaired) electrons. The summed E-state index contributed by atoms with van der Waals surface area (Å²) in [5.74, 6) is -4.87. The molecule has 2 N–H and O–H groups in total. The molecular weight excluding hydrogens is 402 g/mol. The minimum absolute atomic E-state index is 0.0994. The molecule has 0 aliphatic carbocycles. The number of benzene rings is 1. The van der Waals surface area contributed by atoms with Crippen molar-refractivity contribution in [2.75, 3.05) is 6.54 Å². The van der Waals surface area contributed by atoms with Gasteiger partial charge in [-0.15, -0.1) is 0 Å². The van der Waals surface area contributed by atoms with Gasteiger partial charge in [-0.2, -0.15) is 13.2 Å². The number of rotatable bonds is 4. The predicted octanol–water partition coefficient (Wildman–Crippen LogP) is 3.11. The van der Waals surface area contributed by atoms with Gasteiger partial charge in [-0.05, 0) is 24.5 Å². The van der Waals surface area contributed by atoms with Crippen molar-refractivity contribution >= 4 is 5.91 Å². The number of nitrogens with two attached hydrogens (primary N) is 1. The fourth-order valence-corrected chi connectivity index (χ4v) is 4.19. The van der Waals surface area contributed by atoms with Gasteiger partial charge in [0.2, 0.25) is 11.7 Å². The number of aromatic nitrogens is 2. The number of carbonyl (C=O) groups is 1. The van der Waals surface area contributed by atoms with Crippen LogP contribution in [-0.2, 0) is 17.4 Å². The Kier molecular flexibility index (Phi) is 4.60. The van der Waals surface area contributed by atoms with E-state index in [1.165, 1.54) is 4.90 Å². The van der Waals surface area contributed by atoms with Crippen LogP contribution in [0.4, 0.5) is 26.3 Å². The standard InChI is InChI=1S/C18H16F6N4O/c19-11-5-13(21)12(20)2-8(11)1-9(25)3-16(29)27-7-10-4-14(27)15-6-26-17(28(10)15)18(22,23)24/h2,5-6,9-10,14H,1,3-4,7,25H2. The first-order valence-corrected chi connectivity index (χ1v) is 8.89. The number of likely N-dealkylation sites (tertiary alicyclic amines) is 1. The average molecular weight is 418 g/mol. The van der Waals surface area contributed by atoms with E-state index in [0.717, 1.165) is 10.8 Å². The molecule has 3 heterocycles. The summed E-state index contributed by atoms with van der Waals surface area (Å²) in [4.78, 5) is 17.5. The second-order valence-electron chi connectivity index (χ2n) is 7.35. The number of hydrogen-bond acceptors (Lipinski definition) is 3. The molecule has 4 rings (SSSR count). The molecule has 11 heteroatoms. The molecule has 1 amide bonds. The molecule has 2 aromatic rings. The molecule has 29 heavy (non-hydrogen) atoms. The summed E-state index contributed by atoms with van der Waals surface area (Å²) in [6, 6.07) is -0.792. The van der Waals surface area contributed by atoms with Gasteiger partial charge >= 0.3 is 6.18 Å². The zero-order chi connectivity index (χ0) is 21.1.